The van der Waals surface area contributed by atoms with Gasteiger partial charge in [0, 0.05) is 11.9 Å². The third kappa shape index (κ3) is 3.90. The molecule has 2 aromatic rings. The van der Waals surface area contributed by atoms with Crippen LogP contribution in [0.5, 0.6) is 0 Å². The number of nitrogens with zero attached hydrogens (tertiary/aromatic N) is 1. The van der Waals surface area contributed by atoms with E-state index in [2.05, 4.69) is 10.3 Å². The molecular weight excluding hydrogens is 264 g/mol. The minimum absolute atomic E-state index is 0.145. The summed E-state index contributed by atoms with van der Waals surface area (Å²) < 4.78 is 5.48. The van der Waals surface area contributed by atoms with E-state index in [-0.39, 0.29) is 18.9 Å². The zero-order valence-electron chi connectivity index (χ0n) is 10.8. The SMILES string of the molecule is Cc1ccc(-c2nc(CC(=O)NCC(C)O)cs2)o1. The van der Waals surface area contributed by atoms with Gasteiger partial charge in [0.05, 0.1) is 18.2 Å². The van der Waals surface area contributed by atoms with E-state index < -0.39 is 6.10 Å². The Hall–Kier alpha value is -1.66. The summed E-state index contributed by atoms with van der Waals surface area (Å²) in [5, 5.41) is 14.3. The molecule has 2 N–H and O–H groups in total. The van der Waals surface area contributed by atoms with E-state index in [0.29, 0.717) is 5.69 Å². The summed E-state index contributed by atoms with van der Waals surface area (Å²) in [5.74, 6) is 1.41. The van der Waals surface area contributed by atoms with Crippen LogP contribution in [0.3, 0.4) is 0 Å². The fourth-order valence-electron chi connectivity index (χ4n) is 1.54. The molecule has 2 heterocycles. The van der Waals surface area contributed by atoms with Crippen molar-refractivity contribution in [1.82, 2.24) is 10.3 Å². The van der Waals surface area contributed by atoms with Crippen LogP contribution >= 0.6 is 11.3 Å². The molecule has 0 spiro atoms. The molecule has 0 aliphatic rings. The maximum atomic E-state index is 11.6. The number of aliphatic hydroxyl groups is 1. The molecule has 5 nitrogen and oxygen atoms in total. The van der Waals surface area contributed by atoms with E-state index in [1.165, 1.54) is 11.3 Å². The van der Waals surface area contributed by atoms with E-state index in [4.69, 9.17) is 9.52 Å². The Labute approximate surface area is 115 Å². The third-order valence-corrected chi connectivity index (χ3v) is 3.34. The summed E-state index contributed by atoms with van der Waals surface area (Å²) in [5.41, 5.74) is 0.706. The molecule has 1 unspecified atom stereocenters. The van der Waals surface area contributed by atoms with E-state index >= 15 is 0 Å². The minimum Gasteiger partial charge on any atom is -0.459 e. The highest BCUT2D eigenvalue weighted by atomic mass is 32.1. The summed E-state index contributed by atoms with van der Waals surface area (Å²) in [6, 6.07) is 3.75. The Morgan fingerprint density at radius 1 is 1.58 bits per heavy atom. The van der Waals surface area contributed by atoms with Gasteiger partial charge in [-0.1, -0.05) is 0 Å². The Morgan fingerprint density at radius 2 is 2.37 bits per heavy atom. The number of furan rings is 1. The van der Waals surface area contributed by atoms with Crippen molar-refractivity contribution >= 4 is 17.2 Å². The van der Waals surface area contributed by atoms with Gasteiger partial charge in [0.25, 0.3) is 0 Å². The zero-order valence-corrected chi connectivity index (χ0v) is 11.7. The Balaban J connectivity index is 1.96. The highest BCUT2D eigenvalue weighted by Gasteiger charge is 2.11. The van der Waals surface area contributed by atoms with Gasteiger partial charge in [0.2, 0.25) is 5.91 Å². The lowest BCUT2D eigenvalue weighted by molar-refractivity contribution is -0.120. The van der Waals surface area contributed by atoms with Crippen molar-refractivity contribution in [2.24, 2.45) is 0 Å². The van der Waals surface area contributed by atoms with Gasteiger partial charge in [-0.3, -0.25) is 4.79 Å². The Bertz CT molecular complexity index is 560. The summed E-state index contributed by atoms with van der Waals surface area (Å²) in [7, 11) is 0. The first kappa shape index (κ1) is 13.8. The number of aryl methyl sites for hydroxylation is 1. The molecule has 0 saturated heterocycles. The lowest BCUT2D eigenvalue weighted by Crippen LogP contribution is -2.31. The van der Waals surface area contributed by atoms with E-state index in [1.54, 1.807) is 6.92 Å². The van der Waals surface area contributed by atoms with Gasteiger partial charge in [-0.15, -0.1) is 11.3 Å². The molecule has 0 radical (unpaired) electrons. The predicted octanol–water partition coefficient (Wildman–Crippen LogP) is 1.75. The molecule has 0 aliphatic carbocycles. The van der Waals surface area contributed by atoms with Crippen molar-refractivity contribution in [3.05, 3.63) is 29.0 Å². The van der Waals surface area contributed by atoms with Crippen molar-refractivity contribution in [3.8, 4) is 10.8 Å². The Morgan fingerprint density at radius 3 is 3.00 bits per heavy atom. The van der Waals surface area contributed by atoms with Crippen LogP contribution in [-0.2, 0) is 11.2 Å². The zero-order chi connectivity index (χ0) is 13.8. The summed E-state index contributed by atoms with van der Waals surface area (Å²) in [6.45, 7) is 3.76. The minimum atomic E-state index is -0.541. The van der Waals surface area contributed by atoms with E-state index in [1.807, 2.05) is 24.4 Å². The quantitative estimate of drug-likeness (QED) is 0.875. The second-order valence-corrected chi connectivity index (χ2v) is 5.24. The highest BCUT2D eigenvalue weighted by Crippen LogP contribution is 2.25. The number of hydrogen-bond acceptors (Lipinski definition) is 5. The molecular formula is C13H16N2O3S. The first-order valence-corrected chi connectivity index (χ1v) is 6.88. The Kier molecular flexibility index (Phi) is 4.34. The molecule has 0 aliphatic heterocycles. The lowest BCUT2D eigenvalue weighted by atomic mass is 10.3. The van der Waals surface area contributed by atoms with Crippen LogP contribution in [0, 0.1) is 6.92 Å². The van der Waals surface area contributed by atoms with Crippen molar-refractivity contribution in [3.63, 3.8) is 0 Å². The van der Waals surface area contributed by atoms with Crippen molar-refractivity contribution in [2.75, 3.05) is 6.54 Å². The van der Waals surface area contributed by atoms with Gasteiger partial charge < -0.3 is 14.8 Å². The molecule has 6 heteroatoms. The van der Waals surface area contributed by atoms with Gasteiger partial charge in [-0.2, -0.15) is 0 Å². The number of aromatic nitrogens is 1. The van der Waals surface area contributed by atoms with E-state index in [0.717, 1.165) is 16.5 Å². The molecule has 102 valence electrons. The van der Waals surface area contributed by atoms with Gasteiger partial charge in [-0.25, -0.2) is 4.98 Å². The van der Waals surface area contributed by atoms with Crippen LogP contribution in [0.4, 0.5) is 0 Å². The molecule has 19 heavy (non-hydrogen) atoms. The van der Waals surface area contributed by atoms with Crippen LogP contribution in [0.15, 0.2) is 21.9 Å². The van der Waals surface area contributed by atoms with Gasteiger partial charge in [-0.05, 0) is 26.0 Å². The molecule has 0 aromatic carbocycles. The van der Waals surface area contributed by atoms with Gasteiger partial charge >= 0.3 is 0 Å². The second kappa shape index (κ2) is 5.99. The molecule has 2 aromatic heterocycles. The molecule has 0 fully saturated rings. The topological polar surface area (TPSA) is 75.4 Å². The number of carbonyl (C=O) groups is 1. The summed E-state index contributed by atoms with van der Waals surface area (Å²) >= 11 is 1.45. The first-order valence-electron chi connectivity index (χ1n) is 6.00. The van der Waals surface area contributed by atoms with Gasteiger partial charge in [0.15, 0.2) is 10.8 Å². The fourth-order valence-corrected chi connectivity index (χ4v) is 2.32. The lowest BCUT2D eigenvalue weighted by Gasteiger charge is -2.05. The average molecular weight is 280 g/mol. The standard InChI is InChI=1S/C13H16N2O3S/c1-8(16)6-14-12(17)5-10-7-19-13(15-10)11-4-3-9(2)18-11/h3-4,7-8,16H,5-6H2,1-2H3,(H,14,17). The third-order valence-electron chi connectivity index (χ3n) is 2.44. The maximum Gasteiger partial charge on any atom is 0.226 e. The largest absolute Gasteiger partial charge is 0.459 e. The van der Waals surface area contributed by atoms with E-state index in [9.17, 15) is 4.79 Å². The number of nitrogens with one attached hydrogen (secondary N) is 1. The number of amides is 1. The highest BCUT2D eigenvalue weighted by molar-refractivity contribution is 7.13. The van der Waals surface area contributed by atoms with Gasteiger partial charge in [0.1, 0.15) is 5.76 Å². The normalized spacial score (nSPS) is 12.4. The number of thiazole rings is 1. The molecule has 2 rings (SSSR count). The van der Waals surface area contributed by atoms with Crippen LogP contribution in [-0.4, -0.2) is 28.6 Å². The van der Waals surface area contributed by atoms with Crippen LogP contribution in [0.25, 0.3) is 10.8 Å². The smallest absolute Gasteiger partial charge is 0.226 e. The number of rotatable bonds is 5. The predicted molar refractivity (Wildman–Crippen MR) is 72.9 cm³/mol. The monoisotopic (exact) mass is 280 g/mol. The second-order valence-electron chi connectivity index (χ2n) is 4.38. The maximum absolute atomic E-state index is 11.6. The van der Waals surface area contributed by atoms with Crippen molar-refractivity contribution in [2.45, 2.75) is 26.4 Å². The van der Waals surface area contributed by atoms with Crippen LogP contribution in [0.1, 0.15) is 18.4 Å². The number of hydrogen-bond donors (Lipinski definition) is 2. The van der Waals surface area contributed by atoms with Crippen molar-refractivity contribution in [1.29, 1.82) is 0 Å². The van der Waals surface area contributed by atoms with Crippen molar-refractivity contribution < 1.29 is 14.3 Å². The summed E-state index contributed by atoms with van der Waals surface area (Å²) in [6.07, 6.45) is -0.329. The molecule has 0 saturated carbocycles. The number of aliphatic hydroxyl groups excluding tert-OH is 1. The number of carbonyl (C=O) groups excluding carboxylic acids is 1. The molecule has 1 atom stereocenters. The molecule has 0 bridgehead atoms. The van der Waals surface area contributed by atoms with Crippen LogP contribution < -0.4 is 5.32 Å². The van der Waals surface area contributed by atoms with Crippen LogP contribution in [0.2, 0.25) is 0 Å². The average Bonchev–Trinajstić information content (AvgIpc) is 2.95. The summed E-state index contributed by atoms with van der Waals surface area (Å²) in [4.78, 5) is 15.9. The first-order chi connectivity index (χ1) is 9.04. The molecule has 1 amide bonds. The fraction of sp³-hybridized carbons (Fsp3) is 0.385.